The van der Waals surface area contributed by atoms with Crippen molar-refractivity contribution in [2.45, 2.75) is 0 Å². The highest BCUT2D eigenvalue weighted by atomic mass is 35.5. The summed E-state index contributed by atoms with van der Waals surface area (Å²) in [6, 6.07) is 3.32. The van der Waals surface area contributed by atoms with Gasteiger partial charge in [-0.25, -0.2) is 4.79 Å². The number of carboxylic acid groups (broad SMARTS) is 1. The lowest BCUT2D eigenvalue weighted by Gasteiger charge is -2.00. The zero-order chi connectivity index (χ0) is 13.4. The molecule has 0 unspecified atom stereocenters. The highest BCUT2D eigenvalue weighted by molar-refractivity contribution is 6.40. The number of halogens is 3. The molecule has 0 aliphatic heterocycles. The molecular formula is C12H8Cl3NO2. The SMILES string of the molecule is Cn1c(Cl)c(/C=C/C(=O)O)c2cc(Cl)cc(Cl)c21. The molecule has 0 fully saturated rings. The minimum atomic E-state index is -1.05. The number of aromatic nitrogens is 1. The maximum atomic E-state index is 10.6. The number of aryl methyl sites for hydroxylation is 1. The van der Waals surface area contributed by atoms with E-state index in [4.69, 9.17) is 39.9 Å². The van der Waals surface area contributed by atoms with Crippen LogP contribution in [0.5, 0.6) is 0 Å². The number of benzene rings is 1. The van der Waals surface area contributed by atoms with Crippen molar-refractivity contribution < 1.29 is 9.90 Å². The summed E-state index contributed by atoms with van der Waals surface area (Å²) in [6.45, 7) is 0. The van der Waals surface area contributed by atoms with E-state index in [9.17, 15) is 4.79 Å². The minimum Gasteiger partial charge on any atom is -0.478 e. The molecule has 0 saturated carbocycles. The zero-order valence-corrected chi connectivity index (χ0v) is 11.5. The molecule has 0 bridgehead atoms. The van der Waals surface area contributed by atoms with Gasteiger partial charge in [-0.1, -0.05) is 34.8 Å². The van der Waals surface area contributed by atoms with E-state index in [0.717, 1.165) is 17.0 Å². The van der Waals surface area contributed by atoms with E-state index in [1.54, 1.807) is 23.7 Å². The Balaban J connectivity index is 2.81. The molecule has 1 aromatic heterocycles. The second-order valence-electron chi connectivity index (χ2n) is 3.72. The van der Waals surface area contributed by atoms with E-state index in [-0.39, 0.29) is 0 Å². The van der Waals surface area contributed by atoms with Crippen molar-refractivity contribution in [3.63, 3.8) is 0 Å². The van der Waals surface area contributed by atoms with Crippen LogP contribution in [0.2, 0.25) is 15.2 Å². The summed E-state index contributed by atoms with van der Waals surface area (Å²) in [6.07, 6.45) is 2.45. The van der Waals surface area contributed by atoms with E-state index in [0.29, 0.717) is 20.8 Å². The molecule has 6 heteroatoms. The van der Waals surface area contributed by atoms with E-state index in [1.807, 2.05) is 0 Å². The number of aliphatic carboxylic acids is 1. The molecule has 0 radical (unpaired) electrons. The molecule has 3 nitrogen and oxygen atoms in total. The Bertz CT molecular complexity index is 674. The number of rotatable bonds is 2. The van der Waals surface area contributed by atoms with Crippen LogP contribution in [0.15, 0.2) is 18.2 Å². The molecule has 18 heavy (non-hydrogen) atoms. The summed E-state index contributed by atoms with van der Waals surface area (Å²) >= 11 is 18.2. The first-order valence-corrected chi connectivity index (χ1v) is 6.09. The molecule has 0 atom stereocenters. The molecule has 2 rings (SSSR count). The summed E-state index contributed by atoms with van der Waals surface area (Å²) in [5, 5.41) is 10.7. The Morgan fingerprint density at radius 1 is 1.33 bits per heavy atom. The summed E-state index contributed by atoms with van der Waals surface area (Å²) in [5.74, 6) is -1.05. The molecule has 1 N–H and O–H groups in total. The predicted octanol–water partition coefficient (Wildman–Crippen LogP) is 4.24. The first-order valence-electron chi connectivity index (χ1n) is 4.95. The smallest absolute Gasteiger partial charge is 0.328 e. The molecule has 0 amide bonds. The maximum Gasteiger partial charge on any atom is 0.328 e. The Morgan fingerprint density at radius 2 is 2.00 bits per heavy atom. The van der Waals surface area contributed by atoms with E-state index >= 15 is 0 Å². The van der Waals surface area contributed by atoms with Crippen LogP contribution < -0.4 is 0 Å². The Kier molecular flexibility index (Phi) is 3.57. The summed E-state index contributed by atoms with van der Waals surface area (Å²) < 4.78 is 1.69. The van der Waals surface area contributed by atoms with Gasteiger partial charge in [0.15, 0.2) is 0 Å². The molecular weight excluding hydrogens is 296 g/mol. The van der Waals surface area contributed by atoms with Crippen LogP contribution in [0.3, 0.4) is 0 Å². The number of hydrogen-bond acceptors (Lipinski definition) is 1. The second-order valence-corrected chi connectivity index (χ2v) is 4.92. The van der Waals surface area contributed by atoms with Gasteiger partial charge in [-0.05, 0) is 18.2 Å². The number of nitrogens with zero attached hydrogens (tertiary/aromatic N) is 1. The quantitative estimate of drug-likeness (QED) is 0.843. The first-order chi connectivity index (χ1) is 8.41. The Hall–Kier alpha value is -1.16. The number of hydrogen-bond donors (Lipinski definition) is 1. The third kappa shape index (κ3) is 2.21. The Morgan fingerprint density at radius 3 is 2.61 bits per heavy atom. The molecule has 2 aromatic rings. The zero-order valence-electron chi connectivity index (χ0n) is 9.25. The third-order valence-electron chi connectivity index (χ3n) is 2.56. The van der Waals surface area contributed by atoms with Gasteiger partial charge in [0.2, 0.25) is 0 Å². The summed E-state index contributed by atoms with van der Waals surface area (Å²) in [7, 11) is 1.75. The standard InChI is InChI=1S/C12H8Cl3NO2/c1-16-11-8(4-6(13)5-9(11)14)7(12(16)15)2-3-10(17)18/h2-5H,1H3,(H,17,18)/b3-2+. The van der Waals surface area contributed by atoms with Crippen molar-refractivity contribution in [1.29, 1.82) is 0 Å². The van der Waals surface area contributed by atoms with E-state index in [1.165, 1.54) is 6.08 Å². The largest absolute Gasteiger partial charge is 0.478 e. The fourth-order valence-corrected chi connectivity index (χ4v) is 2.68. The summed E-state index contributed by atoms with van der Waals surface area (Å²) in [5.41, 5.74) is 1.30. The van der Waals surface area contributed by atoms with E-state index < -0.39 is 5.97 Å². The van der Waals surface area contributed by atoms with Gasteiger partial charge in [-0.15, -0.1) is 0 Å². The van der Waals surface area contributed by atoms with Crippen LogP contribution in [-0.4, -0.2) is 15.6 Å². The normalized spacial score (nSPS) is 11.6. The lowest BCUT2D eigenvalue weighted by atomic mass is 10.1. The van der Waals surface area contributed by atoms with Crippen LogP contribution in [-0.2, 0) is 11.8 Å². The van der Waals surface area contributed by atoms with Gasteiger partial charge < -0.3 is 9.67 Å². The molecule has 0 spiro atoms. The molecule has 0 aliphatic rings. The van der Waals surface area contributed by atoms with Gasteiger partial charge in [-0.2, -0.15) is 0 Å². The molecule has 1 aromatic carbocycles. The van der Waals surface area contributed by atoms with Crippen LogP contribution in [0.1, 0.15) is 5.56 Å². The van der Waals surface area contributed by atoms with E-state index in [2.05, 4.69) is 0 Å². The van der Waals surface area contributed by atoms with Crippen molar-refractivity contribution in [2.75, 3.05) is 0 Å². The average molecular weight is 305 g/mol. The summed E-state index contributed by atoms with van der Waals surface area (Å²) in [4.78, 5) is 10.6. The van der Waals surface area contributed by atoms with Gasteiger partial charge in [0, 0.05) is 29.1 Å². The lowest BCUT2D eigenvalue weighted by molar-refractivity contribution is -0.131. The lowest BCUT2D eigenvalue weighted by Crippen LogP contribution is -1.87. The van der Waals surface area contributed by atoms with Crippen molar-refractivity contribution in [3.05, 3.63) is 39.0 Å². The van der Waals surface area contributed by atoms with Gasteiger partial charge in [-0.3, -0.25) is 0 Å². The third-order valence-corrected chi connectivity index (χ3v) is 3.53. The molecule has 94 valence electrons. The van der Waals surface area contributed by atoms with Gasteiger partial charge in [0.25, 0.3) is 0 Å². The van der Waals surface area contributed by atoms with Crippen LogP contribution >= 0.6 is 34.8 Å². The van der Waals surface area contributed by atoms with Gasteiger partial charge in [0.05, 0.1) is 10.5 Å². The number of carbonyl (C=O) groups is 1. The first kappa shape index (κ1) is 13.3. The van der Waals surface area contributed by atoms with Crippen molar-refractivity contribution in [3.8, 4) is 0 Å². The van der Waals surface area contributed by atoms with Crippen molar-refractivity contribution in [2.24, 2.45) is 7.05 Å². The van der Waals surface area contributed by atoms with Crippen LogP contribution in [0.25, 0.3) is 17.0 Å². The monoisotopic (exact) mass is 303 g/mol. The topological polar surface area (TPSA) is 42.2 Å². The Labute approximate surface area is 118 Å². The van der Waals surface area contributed by atoms with Crippen LogP contribution in [0, 0.1) is 0 Å². The number of carboxylic acids is 1. The minimum absolute atomic E-state index is 0.409. The highest BCUT2D eigenvalue weighted by Gasteiger charge is 2.15. The average Bonchev–Trinajstić information content (AvgIpc) is 2.49. The van der Waals surface area contributed by atoms with Gasteiger partial charge >= 0.3 is 5.97 Å². The highest BCUT2D eigenvalue weighted by Crippen LogP contribution is 2.36. The molecule has 0 saturated heterocycles. The van der Waals surface area contributed by atoms with Crippen LogP contribution in [0.4, 0.5) is 0 Å². The number of fused-ring (bicyclic) bond motifs is 1. The predicted molar refractivity (Wildman–Crippen MR) is 74.6 cm³/mol. The molecule has 1 heterocycles. The van der Waals surface area contributed by atoms with Crippen molar-refractivity contribution >= 4 is 57.8 Å². The van der Waals surface area contributed by atoms with Crippen molar-refractivity contribution in [1.82, 2.24) is 4.57 Å². The van der Waals surface area contributed by atoms with Gasteiger partial charge in [0.1, 0.15) is 5.15 Å². The second kappa shape index (κ2) is 4.84. The fraction of sp³-hybridized carbons (Fsp3) is 0.0833. The molecule has 0 aliphatic carbocycles. The maximum absolute atomic E-state index is 10.6. The fourth-order valence-electron chi connectivity index (χ4n) is 1.82.